The third-order valence-corrected chi connectivity index (χ3v) is 4.26. The normalized spacial score (nSPS) is 18.7. The van der Waals surface area contributed by atoms with Crippen molar-refractivity contribution in [2.45, 2.75) is 33.0 Å². The second-order valence-electron chi connectivity index (χ2n) is 6.05. The van der Waals surface area contributed by atoms with E-state index in [1.807, 2.05) is 32.2 Å². The highest BCUT2D eigenvalue weighted by molar-refractivity contribution is 5.37. The zero-order valence-electron chi connectivity index (χ0n) is 14.3. The molecule has 1 aliphatic rings. The van der Waals surface area contributed by atoms with Crippen LogP contribution in [0.1, 0.15) is 35.6 Å². The molecule has 24 heavy (non-hydrogen) atoms. The Kier molecular flexibility index (Phi) is 5.50. The van der Waals surface area contributed by atoms with E-state index in [0.29, 0.717) is 13.2 Å². The molecule has 0 bridgehead atoms. The van der Waals surface area contributed by atoms with Gasteiger partial charge in [0, 0.05) is 30.5 Å². The van der Waals surface area contributed by atoms with Gasteiger partial charge in [-0.1, -0.05) is 6.07 Å². The van der Waals surface area contributed by atoms with Crippen molar-refractivity contribution in [1.82, 2.24) is 14.9 Å². The van der Waals surface area contributed by atoms with E-state index in [0.717, 1.165) is 48.1 Å². The van der Waals surface area contributed by atoms with E-state index >= 15 is 0 Å². The molecule has 0 unspecified atom stereocenters. The van der Waals surface area contributed by atoms with Crippen LogP contribution in [0.2, 0.25) is 0 Å². The van der Waals surface area contributed by atoms with Crippen LogP contribution < -0.4 is 4.74 Å². The maximum absolute atomic E-state index is 9.58. The number of morpholine rings is 1. The maximum Gasteiger partial charge on any atom is 0.126 e. The average Bonchev–Trinajstić information content (AvgIpc) is 3.03. The lowest BCUT2D eigenvalue weighted by molar-refractivity contribution is -0.0156. The van der Waals surface area contributed by atoms with Crippen LogP contribution in [0.5, 0.6) is 5.75 Å². The molecule has 1 aromatic carbocycles. The fourth-order valence-electron chi connectivity index (χ4n) is 3.07. The fraction of sp³-hybridized carbons (Fsp3) is 0.500. The molecular formula is C18H25N3O3. The number of aliphatic hydroxyl groups is 1. The number of aliphatic hydroxyl groups excluding tert-OH is 1. The number of rotatable bonds is 6. The van der Waals surface area contributed by atoms with Gasteiger partial charge in [0.2, 0.25) is 0 Å². The van der Waals surface area contributed by atoms with E-state index in [9.17, 15) is 5.11 Å². The smallest absolute Gasteiger partial charge is 0.126 e. The van der Waals surface area contributed by atoms with Gasteiger partial charge in [0.1, 0.15) is 11.6 Å². The van der Waals surface area contributed by atoms with E-state index in [2.05, 4.69) is 20.9 Å². The van der Waals surface area contributed by atoms with Gasteiger partial charge in [-0.15, -0.1) is 0 Å². The molecule has 1 aromatic heterocycles. The van der Waals surface area contributed by atoms with Crippen molar-refractivity contribution in [3.8, 4) is 5.75 Å². The van der Waals surface area contributed by atoms with Crippen molar-refractivity contribution in [3.63, 3.8) is 0 Å². The van der Waals surface area contributed by atoms with Crippen molar-refractivity contribution in [2.24, 2.45) is 0 Å². The van der Waals surface area contributed by atoms with Crippen LogP contribution in [-0.4, -0.2) is 46.3 Å². The van der Waals surface area contributed by atoms with Crippen molar-refractivity contribution >= 4 is 0 Å². The van der Waals surface area contributed by atoms with Crippen LogP contribution in [0.4, 0.5) is 0 Å². The molecule has 1 atom stereocenters. The number of aryl methyl sites for hydroxylation is 1. The summed E-state index contributed by atoms with van der Waals surface area (Å²) < 4.78 is 11.2. The highest BCUT2D eigenvalue weighted by Crippen LogP contribution is 2.26. The zero-order chi connectivity index (χ0) is 16.9. The minimum atomic E-state index is -0.0207. The first-order chi connectivity index (χ1) is 11.7. The molecule has 1 saturated heterocycles. The molecule has 0 saturated carbocycles. The van der Waals surface area contributed by atoms with Gasteiger partial charge < -0.3 is 19.6 Å². The second kappa shape index (κ2) is 7.79. The van der Waals surface area contributed by atoms with Crippen LogP contribution in [-0.2, 0) is 17.9 Å². The van der Waals surface area contributed by atoms with Gasteiger partial charge in [0.25, 0.3) is 0 Å². The number of aromatic amines is 1. The third-order valence-electron chi connectivity index (χ3n) is 4.26. The Morgan fingerprint density at radius 2 is 2.33 bits per heavy atom. The average molecular weight is 331 g/mol. The molecule has 6 heteroatoms. The Balaban J connectivity index is 1.77. The van der Waals surface area contributed by atoms with Gasteiger partial charge in [0.15, 0.2) is 0 Å². The van der Waals surface area contributed by atoms with Crippen LogP contribution in [0.15, 0.2) is 24.4 Å². The molecule has 2 heterocycles. The van der Waals surface area contributed by atoms with E-state index in [1.54, 1.807) is 0 Å². The Morgan fingerprint density at radius 1 is 1.46 bits per heavy atom. The van der Waals surface area contributed by atoms with Crippen molar-refractivity contribution in [3.05, 3.63) is 47.0 Å². The largest absolute Gasteiger partial charge is 0.494 e. The monoisotopic (exact) mass is 331 g/mol. The minimum absolute atomic E-state index is 0.0207. The van der Waals surface area contributed by atoms with Gasteiger partial charge in [-0.25, -0.2) is 4.98 Å². The Bertz CT molecular complexity index is 671. The van der Waals surface area contributed by atoms with Gasteiger partial charge >= 0.3 is 0 Å². The van der Waals surface area contributed by atoms with E-state index in [1.165, 1.54) is 0 Å². The summed E-state index contributed by atoms with van der Waals surface area (Å²) >= 11 is 0. The minimum Gasteiger partial charge on any atom is -0.494 e. The predicted molar refractivity (Wildman–Crippen MR) is 90.8 cm³/mol. The predicted octanol–water partition coefficient (Wildman–Crippen LogP) is 2.18. The molecule has 130 valence electrons. The number of hydrogen-bond acceptors (Lipinski definition) is 5. The first-order valence-corrected chi connectivity index (χ1v) is 8.40. The summed E-state index contributed by atoms with van der Waals surface area (Å²) in [5.41, 5.74) is 3.03. The number of nitrogens with one attached hydrogen (secondary N) is 1. The quantitative estimate of drug-likeness (QED) is 0.849. The second-order valence-corrected chi connectivity index (χ2v) is 6.05. The van der Waals surface area contributed by atoms with Crippen molar-refractivity contribution < 1.29 is 14.6 Å². The van der Waals surface area contributed by atoms with Gasteiger partial charge in [-0.3, -0.25) is 4.90 Å². The van der Waals surface area contributed by atoms with Gasteiger partial charge in [-0.2, -0.15) is 0 Å². The standard InChI is InChI=1S/C18H25N3O3/c1-3-24-17-5-4-14(8-15(17)11-22)10-21-6-7-23-12-16(21)18-19-9-13(2)20-18/h4-5,8-9,16,22H,3,6-7,10-12H2,1-2H3,(H,19,20)/t16-/m0/s1. The molecule has 1 aliphatic heterocycles. The highest BCUT2D eigenvalue weighted by atomic mass is 16.5. The summed E-state index contributed by atoms with van der Waals surface area (Å²) in [5, 5.41) is 9.58. The van der Waals surface area contributed by atoms with Crippen LogP contribution in [0.25, 0.3) is 0 Å². The van der Waals surface area contributed by atoms with E-state index < -0.39 is 0 Å². The highest BCUT2D eigenvalue weighted by Gasteiger charge is 2.27. The van der Waals surface area contributed by atoms with Crippen molar-refractivity contribution in [1.29, 1.82) is 0 Å². The number of H-pyrrole nitrogens is 1. The topological polar surface area (TPSA) is 70.6 Å². The Labute approximate surface area is 142 Å². The third kappa shape index (κ3) is 3.77. The molecule has 0 amide bonds. The summed E-state index contributed by atoms with van der Waals surface area (Å²) in [5.74, 6) is 1.70. The zero-order valence-corrected chi connectivity index (χ0v) is 14.3. The molecule has 0 radical (unpaired) electrons. The lowest BCUT2D eigenvalue weighted by Crippen LogP contribution is -2.39. The number of imidazole rings is 1. The molecular weight excluding hydrogens is 306 g/mol. The number of aromatic nitrogens is 2. The SMILES string of the molecule is CCOc1ccc(CN2CCOC[C@H]2c2ncc(C)[nH]2)cc1CO. The first kappa shape index (κ1) is 17.0. The molecule has 3 rings (SSSR count). The summed E-state index contributed by atoms with van der Waals surface area (Å²) in [6.07, 6.45) is 1.85. The van der Waals surface area contributed by atoms with Gasteiger partial charge in [0.05, 0.1) is 32.5 Å². The van der Waals surface area contributed by atoms with Crippen LogP contribution in [0.3, 0.4) is 0 Å². The summed E-state index contributed by atoms with van der Waals surface area (Å²) in [7, 11) is 0. The summed E-state index contributed by atoms with van der Waals surface area (Å²) in [4.78, 5) is 10.1. The number of hydrogen-bond donors (Lipinski definition) is 2. The van der Waals surface area contributed by atoms with E-state index in [-0.39, 0.29) is 12.6 Å². The van der Waals surface area contributed by atoms with Crippen LogP contribution in [0, 0.1) is 6.92 Å². The molecule has 6 nitrogen and oxygen atoms in total. The Morgan fingerprint density at radius 3 is 3.04 bits per heavy atom. The number of ether oxygens (including phenoxy) is 2. The molecule has 2 aromatic rings. The Hall–Kier alpha value is -1.89. The van der Waals surface area contributed by atoms with Crippen molar-refractivity contribution in [2.75, 3.05) is 26.4 Å². The lowest BCUT2D eigenvalue weighted by Gasteiger charge is -2.34. The fourth-order valence-corrected chi connectivity index (χ4v) is 3.07. The number of benzene rings is 1. The van der Waals surface area contributed by atoms with E-state index in [4.69, 9.17) is 9.47 Å². The number of nitrogens with zero attached hydrogens (tertiary/aromatic N) is 2. The van der Waals surface area contributed by atoms with Crippen LogP contribution >= 0.6 is 0 Å². The first-order valence-electron chi connectivity index (χ1n) is 8.40. The molecule has 0 spiro atoms. The molecule has 1 fully saturated rings. The lowest BCUT2D eigenvalue weighted by atomic mass is 10.1. The van der Waals surface area contributed by atoms with Gasteiger partial charge in [-0.05, 0) is 31.5 Å². The molecule has 2 N–H and O–H groups in total. The summed E-state index contributed by atoms with van der Waals surface area (Å²) in [6, 6.07) is 6.14. The molecule has 0 aliphatic carbocycles. The maximum atomic E-state index is 9.58. The summed E-state index contributed by atoms with van der Waals surface area (Å²) in [6.45, 7) is 7.52.